The van der Waals surface area contributed by atoms with Crippen LogP contribution in [-0.4, -0.2) is 36.5 Å². The van der Waals surface area contributed by atoms with Crippen LogP contribution in [0.5, 0.6) is 5.75 Å². The molecule has 0 aromatic heterocycles. The lowest BCUT2D eigenvalue weighted by Crippen LogP contribution is -2.45. The predicted molar refractivity (Wildman–Crippen MR) is 104 cm³/mol. The molecule has 0 bridgehead atoms. The molecule has 1 N–H and O–H groups in total. The van der Waals surface area contributed by atoms with Gasteiger partial charge in [0.2, 0.25) is 5.91 Å². The second kappa shape index (κ2) is 9.64. The maximum Gasteiger partial charge on any atom is 0.387 e. The first-order chi connectivity index (χ1) is 13.5. The van der Waals surface area contributed by atoms with Gasteiger partial charge in [0.15, 0.2) is 0 Å². The number of hydrogen-bond donors (Lipinski definition) is 1. The van der Waals surface area contributed by atoms with E-state index in [2.05, 4.69) is 21.9 Å². The van der Waals surface area contributed by atoms with E-state index in [0.717, 1.165) is 30.5 Å². The Labute approximate surface area is 164 Å². The summed E-state index contributed by atoms with van der Waals surface area (Å²) in [6, 6.07) is 16.1. The maximum atomic E-state index is 12.7. The molecule has 0 saturated carbocycles. The molecule has 0 radical (unpaired) electrons. The second-order valence-corrected chi connectivity index (χ2v) is 7.17. The number of nitrogens with zero attached hydrogens (tertiary/aromatic N) is 1. The topological polar surface area (TPSA) is 41.6 Å². The zero-order valence-corrected chi connectivity index (χ0v) is 16.0. The molecule has 1 saturated heterocycles. The van der Waals surface area contributed by atoms with Crippen LogP contribution in [0.3, 0.4) is 0 Å². The molecule has 2 aromatic rings. The zero-order chi connectivity index (χ0) is 19.9. The van der Waals surface area contributed by atoms with Gasteiger partial charge in [-0.05, 0) is 49.6 Å². The number of piperidine rings is 1. The van der Waals surface area contributed by atoms with E-state index in [1.165, 1.54) is 18.6 Å². The minimum absolute atomic E-state index is 0.0458. The average Bonchev–Trinajstić information content (AvgIpc) is 2.69. The Morgan fingerprint density at radius 1 is 1.11 bits per heavy atom. The molecule has 1 fully saturated rings. The molecule has 0 aliphatic carbocycles. The van der Waals surface area contributed by atoms with E-state index in [1.54, 1.807) is 12.1 Å². The minimum Gasteiger partial charge on any atom is -0.435 e. The number of ether oxygens (including phenoxy) is 1. The SMILES string of the molecule is C[C@@H]1CCCCN1CC(=O)N[C@@H](c1ccccc1)c1ccc(OC(F)F)cc1. The molecule has 0 spiro atoms. The number of nitrogens with one attached hydrogen (secondary N) is 1. The Bertz CT molecular complexity index is 753. The van der Waals surface area contributed by atoms with Crippen LogP contribution in [0.4, 0.5) is 8.78 Å². The highest BCUT2D eigenvalue weighted by Crippen LogP contribution is 2.25. The van der Waals surface area contributed by atoms with E-state index < -0.39 is 6.61 Å². The van der Waals surface area contributed by atoms with Crippen LogP contribution in [0.15, 0.2) is 54.6 Å². The van der Waals surface area contributed by atoms with Crippen molar-refractivity contribution in [1.29, 1.82) is 0 Å². The van der Waals surface area contributed by atoms with Gasteiger partial charge < -0.3 is 10.1 Å². The molecule has 6 heteroatoms. The van der Waals surface area contributed by atoms with Crippen molar-refractivity contribution >= 4 is 5.91 Å². The summed E-state index contributed by atoms with van der Waals surface area (Å²) in [5.41, 5.74) is 1.75. The Hall–Kier alpha value is -2.47. The zero-order valence-electron chi connectivity index (χ0n) is 16.0. The normalized spacial score (nSPS) is 18.6. The summed E-state index contributed by atoms with van der Waals surface area (Å²) in [4.78, 5) is 15.0. The van der Waals surface area contributed by atoms with Crippen LogP contribution in [0.2, 0.25) is 0 Å². The van der Waals surface area contributed by atoms with Gasteiger partial charge in [-0.1, -0.05) is 48.9 Å². The molecule has 150 valence electrons. The second-order valence-electron chi connectivity index (χ2n) is 7.17. The first kappa shape index (κ1) is 20.3. The molecule has 1 aliphatic heterocycles. The van der Waals surface area contributed by atoms with Gasteiger partial charge in [0.1, 0.15) is 5.75 Å². The summed E-state index contributed by atoms with van der Waals surface area (Å²) in [5, 5.41) is 3.11. The number of benzene rings is 2. The van der Waals surface area contributed by atoms with E-state index in [4.69, 9.17) is 0 Å². The molecule has 0 unspecified atom stereocenters. The van der Waals surface area contributed by atoms with Crippen molar-refractivity contribution in [2.45, 2.75) is 44.9 Å². The van der Waals surface area contributed by atoms with Crippen LogP contribution >= 0.6 is 0 Å². The first-order valence-corrected chi connectivity index (χ1v) is 9.66. The van der Waals surface area contributed by atoms with E-state index >= 15 is 0 Å². The third-order valence-corrected chi connectivity index (χ3v) is 5.16. The molecule has 1 heterocycles. The maximum absolute atomic E-state index is 12.7. The van der Waals surface area contributed by atoms with Crippen molar-refractivity contribution in [3.63, 3.8) is 0 Å². The monoisotopic (exact) mass is 388 g/mol. The fourth-order valence-corrected chi connectivity index (χ4v) is 3.63. The Kier molecular flexibility index (Phi) is 6.98. The average molecular weight is 388 g/mol. The molecule has 3 rings (SSSR count). The van der Waals surface area contributed by atoms with E-state index in [1.807, 2.05) is 30.3 Å². The van der Waals surface area contributed by atoms with Crippen molar-refractivity contribution in [3.05, 3.63) is 65.7 Å². The summed E-state index contributed by atoms with van der Waals surface area (Å²) in [6.07, 6.45) is 3.44. The van der Waals surface area contributed by atoms with Crippen molar-refractivity contribution in [3.8, 4) is 5.75 Å². The number of carbonyl (C=O) groups excluding carboxylic acids is 1. The van der Waals surface area contributed by atoms with Gasteiger partial charge in [0, 0.05) is 6.04 Å². The number of hydrogen-bond acceptors (Lipinski definition) is 3. The predicted octanol–water partition coefficient (Wildman–Crippen LogP) is 4.37. The summed E-state index contributed by atoms with van der Waals surface area (Å²) in [6.45, 7) is 0.589. The number of halogens is 2. The minimum atomic E-state index is -2.86. The molecule has 28 heavy (non-hydrogen) atoms. The highest BCUT2D eigenvalue weighted by atomic mass is 19.3. The molecule has 2 atom stereocenters. The summed E-state index contributed by atoms with van der Waals surface area (Å²) in [7, 11) is 0. The Morgan fingerprint density at radius 2 is 1.79 bits per heavy atom. The summed E-state index contributed by atoms with van der Waals surface area (Å²) >= 11 is 0. The third kappa shape index (κ3) is 5.52. The third-order valence-electron chi connectivity index (χ3n) is 5.16. The van der Waals surface area contributed by atoms with Crippen LogP contribution < -0.4 is 10.1 Å². The highest BCUT2D eigenvalue weighted by Gasteiger charge is 2.23. The fourth-order valence-electron chi connectivity index (χ4n) is 3.63. The van der Waals surface area contributed by atoms with Crippen molar-refractivity contribution in [2.24, 2.45) is 0 Å². The van der Waals surface area contributed by atoms with Crippen LogP contribution in [0.25, 0.3) is 0 Å². The molecular formula is C22H26F2N2O2. The first-order valence-electron chi connectivity index (χ1n) is 9.66. The van der Waals surface area contributed by atoms with Crippen molar-refractivity contribution < 1.29 is 18.3 Å². The Balaban J connectivity index is 1.75. The molecule has 1 amide bonds. The number of likely N-dealkylation sites (tertiary alicyclic amines) is 1. The van der Waals surface area contributed by atoms with Crippen LogP contribution in [0, 0.1) is 0 Å². The van der Waals surface area contributed by atoms with Crippen LogP contribution in [0.1, 0.15) is 43.4 Å². The standard InChI is InChI=1S/C22H26F2N2O2/c1-16-7-5-6-14-26(16)15-20(27)25-21(17-8-3-2-4-9-17)18-10-12-19(13-11-18)28-22(23)24/h2-4,8-13,16,21-22H,5-7,14-15H2,1H3,(H,25,27)/t16-,21+/m1/s1. The quantitative estimate of drug-likeness (QED) is 0.766. The fraction of sp³-hybridized carbons (Fsp3) is 0.409. The summed E-state index contributed by atoms with van der Waals surface area (Å²) in [5.74, 6) is 0.0505. The van der Waals surface area contributed by atoms with E-state index in [-0.39, 0.29) is 17.7 Å². The van der Waals surface area contributed by atoms with E-state index in [9.17, 15) is 13.6 Å². The molecule has 2 aromatic carbocycles. The number of rotatable bonds is 7. The largest absolute Gasteiger partial charge is 0.435 e. The number of alkyl halides is 2. The summed E-state index contributed by atoms with van der Waals surface area (Å²) < 4.78 is 29.2. The van der Waals surface area contributed by atoms with Gasteiger partial charge in [0.05, 0.1) is 12.6 Å². The van der Waals surface area contributed by atoms with Crippen LogP contribution in [-0.2, 0) is 4.79 Å². The van der Waals surface area contributed by atoms with Crippen molar-refractivity contribution in [1.82, 2.24) is 10.2 Å². The lowest BCUT2D eigenvalue weighted by molar-refractivity contribution is -0.123. The van der Waals surface area contributed by atoms with Gasteiger partial charge in [-0.2, -0.15) is 8.78 Å². The molecular weight excluding hydrogens is 362 g/mol. The number of amides is 1. The van der Waals surface area contributed by atoms with Gasteiger partial charge in [-0.25, -0.2) is 0 Å². The molecule has 1 aliphatic rings. The lowest BCUT2D eigenvalue weighted by atomic mass is 9.98. The highest BCUT2D eigenvalue weighted by molar-refractivity contribution is 5.79. The lowest BCUT2D eigenvalue weighted by Gasteiger charge is -2.33. The molecule has 4 nitrogen and oxygen atoms in total. The Morgan fingerprint density at radius 3 is 2.43 bits per heavy atom. The van der Waals surface area contributed by atoms with Crippen molar-refractivity contribution in [2.75, 3.05) is 13.1 Å². The van der Waals surface area contributed by atoms with Gasteiger partial charge in [-0.15, -0.1) is 0 Å². The van der Waals surface area contributed by atoms with Gasteiger partial charge >= 0.3 is 6.61 Å². The van der Waals surface area contributed by atoms with E-state index in [0.29, 0.717) is 12.6 Å². The number of carbonyl (C=O) groups is 1. The van der Waals surface area contributed by atoms with Gasteiger partial charge in [-0.3, -0.25) is 9.69 Å². The smallest absolute Gasteiger partial charge is 0.387 e. The van der Waals surface area contributed by atoms with Gasteiger partial charge in [0.25, 0.3) is 0 Å².